The van der Waals surface area contributed by atoms with Crippen molar-refractivity contribution in [3.63, 3.8) is 0 Å². The van der Waals surface area contributed by atoms with Gasteiger partial charge >= 0.3 is 23.9 Å². The first-order valence-corrected chi connectivity index (χ1v) is 40.1. The minimum Gasteiger partial charge on any atom is -0.481 e. The summed E-state index contributed by atoms with van der Waals surface area (Å²) in [5.41, 5.74) is 28.3. The van der Waals surface area contributed by atoms with Gasteiger partial charge in [-0.2, -0.15) is 0 Å². The number of amides is 13. The van der Waals surface area contributed by atoms with Crippen LogP contribution in [0.15, 0.2) is 40.3 Å². The molecule has 26 N–H and O–H groups in total. The zero-order valence-electron chi connectivity index (χ0n) is 68.7. The summed E-state index contributed by atoms with van der Waals surface area (Å²) in [5, 5.41) is 68.3. The van der Waals surface area contributed by atoms with E-state index in [0.29, 0.717) is 18.4 Å². The molecule has 0 spiro atoms. The molecule has 0 aromatic heterocycles. The van der Waals surface area contributed by atoms with Gasteiger partial charge in [-0.15, -0.1) is 0 Å². The Kier molecular flexibility index (Phi) is 51.2. The minimum atomic E-state index is -1.99. The molecular formula is C77H129N19O21. The van der Waals surface area contributed by atoms with Crippen molar-refractivity contribution < 1.29 is 102 Å². The van der Waals surface area contributed by atoms with Gasteiger partial charge in [-0.3, -0.25) is 86.7 Å². The number of rotatable bonds is 63. The molecule has 1 aromatic rings. The molecule has 0 aliphatic carbocycles. The highest BCUT2D eigenvalue weighted by molar-refractivity contribution is 6.00. The van der Waals surface area contributed by atoms with Crippen LogP contribution in [0, 0.1) is 17.8 Å². The third kappa shape index (κ3) is 45.6. The molecule has 40 heteroatoms. The van der Waals surface area contributed by atoms with Crippen LogP contribution in [0.25, 0.3) is 0 Å². The highest BCUT2D eigenvalue weighted by atomic mass is 16.4. The van der Waals surface area contributed by atoms with Crippen LogP contribution >= 0.6 is 0 Å². The van der Waals surface area contributed by atoms with Gasteiger partial charge in [0.05, 0.1) is 13.0 Å². The number of unbranched alkanes of at least 4 members (excludes halogenated alkanes) is 10. The molecular weight excluding hydrogens is 1530 g/mol. The maximum atomic E-state index is 14.7. The molecule has 658 valence electrons. The van der Waals surface area contributed by atoms with Crippen LogP contribution in [-0.4, -0.2) is 219 Å². The van der Waals surface area contributed by atoms with Crippen molar-refractivity contribution in [2.75, 3.05) is 19.6 Å². The summed E-state index contributed by atoms with van der Waals surface area (Å²) in [6.07, 6.45) is 7.03. The lowest BCUT2D eigenvalue weighted by atomic mass is 9.97. The minimum absolute atomic E-state index is 0.0104. The maximum absolute atomic E-state index is 14.7. The number of carbonyl (C=O) groups excluding carboxylic acids is 13. The molecule has 1 rings (SSSR count). The first-order valence-electron chi connectivity index (χ1n) is 40.1. The van der Waals surface area contributed by atoms with Crippen LogP contribution in [0.5, 0.6) is 0 Å². The van der Waals surface area contributed by atoms with Crippen molar-refractivity contribution >= 4 is 113 Å². The molecule has 0 aliphatic heterocycles. The van der Waals surface area contributed by atoms with Crippen LogP contribution in [0.2, 0.25) is 0 Å². The van der Waals surface area contributed by atoms with Crippen molar-refractivity contribution in [2.24, 2.45) is 56.4 Å². The Balaban J connectivity index is 3.59. The molecule has 40 nitrogen and oxygen atoms in total. The highest BCUT2D eigenvalue weighted by Crippen LogP contribution is 2.17. The van der Waals surface area contributed by atoms with Crippen LogP contribution < -0.4 is 92.5 Å². The van der Waals surface area contributed by atoms with Gasteiger partial charge in [0, 0.05) is 45.2 Å². The summed E-state index contributed by atoms with van der Waals surface area (Å²) in [6.45, 7) is 12.4. The van der Waals surface area contributed by atoms with Gasteiger partial charge in [0.15, 0.2) is 11.9 Å². The van der Waals surface area contributed by atoms with E-state index in [2.05, 4.69) is 80.7 Å². The maximum Gasteiger partial charge on any atom is 0.326 e. The lowest BCUT2D eigenvalue weighted by molar-refractivity contribution is -0.143. The molecule has 0 saturated heterocycles. The third-order valence-corrected chi connectivity index (χ3v) is 19.1. The number of aliphatic carboxylic acids is 4. The summed E-state index contributed by atoms with van der Waals surface area (Å²) in [7, 11) is 0. The van der Waals surface area contributed by atoms with E-state index in [4.69, 9.17) is 28.7 Å². The highest BCUT2D eigenvalue weighted by Gasteiger charge is 2.38. The lowest BCUT2D eigenvalue weighted by Gasteiger charge is -2.29. The van der Waals surface area contributed by atoms with E-state index in [9.17, 15) is 102 Å². The summed E-state index contributed by atoms with van der Waals surface area (Å²) in [4.78, 5) is 236. The van der Waals surface area contributed by atoms with Crippen molar-refractivity contribution in [1.29, 1.82) is 0 Å². The Bertz CT molecular complexity index is 3470. The van der Waals surface area contributed by atoms with E-state index in [1.54, 1.807) is 65.0 Å². The van der Waals surface area contributed by atoms with E-state index in [-0.39, 0.29) is 88.2 Å². The van der Waals surface area contributed by atoms with E-state index in [1.807, 2.05) is 6.92 Å². The predicted octanol–water partition coefficient (Wildman–Crippen LogP) is -0.801. The number of hydrogen-bond acceptors (Lipinski definition) is 19. The summed E-state index contributed by atoms with van der Waals surface area (Å²) in [6, 6.07) is -9.34. The molecule has 1 aromatic carbocycles. The summed E-state index contributed by atoms with van der Waals surface area (Å²) < 4.78 is 0. The molecule has 1 unspecified atom stereocenters. The zero-order chi connectivity index (χ0) is 88.3. The Hall–Kier alpha value is -11.3. The first-order chi connectivity index (χ1) is 55.2. The van der Waals surface area contributed by atoms with E-state index in [0.717, 1.165) is 25.7 Å². The number of aliphatic imine (C=N–C) groups is 2. The first kappa shape index (κ1) is 104. The Labute approximate surface area is 682 Å². The quantitative estimate of drug-likeness (QED) is 0.0216. The molecule has 13 atom stereocenters. The van der Waals surface area contributed by atoms with Crippen LogP contribution in [0.3, 0.4) is 0 Å². The monoisotopic (exact) mass is 1660 g/mol. The Morgan fingerprint density at radius 1 is 0.368 bits per heavy atom. The average molecular weight is 1660 g/mol. The van der Waals surface area contributed by atoms with Gasteiger partial charge in [-0.05, 0) is 88.0 Å². The molecule has 0 saturated carbocycles. The number of nitrogens with two attached hydrogens (primary N) is 5. The van der Waals surface area contributed by atoms with Gasteiger partial charge in [0.1, 0.15) is 66.5 Å². The zero-order valence-corrected chi connectivity index (χ0v) is 68.7. The van der Waals surface area contributed by atoms with Crippen molar-refractivity contribution in [1.82, 2.24) is 63.8 Å². The number of carboxylic acids is 4. The SMILES string of the molecule is CCCCCCCCCCCCCC(=O)N[C@H](C(=O)N[C@@H](C)C(=O)N[C@@H](CCC(N)=O)C(=O)N[C@@H](CCC(=O)O)C(=O)N[C@@H](CC(C)C)C(=O)N[C@@H](CCCN=C(N)N)C(=O)NC(CCCN=C(N)N)C(=O)N[C@H](C(=O)NCC(=O)N[C@@H](CC(=O)O)C(=O)N[C@@H](CCC(=O)O)C(=O)N[C@@H](Cc1ccccc1)C(=O)O)[C@@H](C)CC)[C@@H](C)CC. The fraction of sp³-hybridized carbons (Fsp3) is 0.675. The number of nitrogens with one attached hydrogen (secondary N) is 12. The Morgan fingerprint density at radius 3 is 1.18 bits per heavy atom. The fourth-order valence-electron chi connectivity index (χ4n) is 12.0. The predicted molar refractivity (Wildman–Crippen MR) is 431 cm³/mol. The fourth-order valence-corrected chi connectivity index (χ4v) is 12.0. The number of benzene rings is 1. The van der Waals surface area contributed by atoms with Crippen LogP contribution in [0.1, 0.15) is 228 Å². The van der Waals surface area contributed by atoms with Crippen LogP contribution in [0.4, 0.5) is 0 Å². The summed E-state index contributed by atoms with van der Waals surface area (Å²) in [5.74, 6) is -21.0. The number of carbonyl (C=O) groups is 17. The second kappa shape index (κ2) is 57.7. The Morgan fingerprint density at radius 2 is 0.761 bits per heavy atom. The largest absolute Gasteiger partial charge is 0.481 e. The molecule has 0 heterocycles. The normalized spacial score (nSPS) is 14.3. The lowest BCUT2D eigenvalue weighted by Crippen LogP contribution is -2.60. The van der Waals surface area contributed by atoms with Crippen LogP contribution in [-0.2, 0) is 87.9 Å². The molecule has 0 aliphatic rings. The van der Waals surface area contributed by atoms with Gasteiger partial charge in [-0.1, -0.05) is 156 Å². The second-order valence-electron chi connectivity index (χ2n) is 29.6. The molecule has 0 bridgehead atoms. The second-order valence-corrected chi connectivity index (χ2v) is 29.6. The van der Waals surface area contributed by atoms with E-state index < -0.39 is 225 Å². The van der Waals surface area contributed by atoms with Gasteiger partial charge in [0.2, 0.25) is 76.8 Å². The molecule has 13 amide bonds. The smallest absolute Gasteiger partial charge is 0.326 e. The number of hydrogen-bond donors (Lipinski definition) is 21. The van der Waals surface area contributed by atoms with Crippen molar-refractivity contribution in [3.8, 4) is 0 Å². The van der Waals surface area contributed by atoms with Gasteiger partial charge < -0.3 is 113 Å². The third-order valence-electron chi connectivity index (χ3n) is 19.1. The average Bonchev–Trinajstić information content (AvgIpc) is 0.855. The molecule has 0 fully saturated rings. The molecule has 0 radical (unpaired) electrons. The van der Waals surface area contributed by atoms with Gasteiger partial charge in [-0.25, -0.2) is 4.79 Å². The van der Waals surface area contributed by atoms with E-state index >= 15 is 0 Å². The van der Waals surface area contributed by atoms with Crippen molar-refractivity contribution in [2.45, 2.75) is 295 Å². The van der Waals surface area contributed by atoms with Crippen molar-refractivity contribution in [3.05, 3.63) is 35.9 Å². The summed E-state index contributed by atoms with van der Waals surface area (Å²) >= 11 is 0. The van der Waals surface area contributed by atoms with E-state index in [1.165, 1.54) is 45.4 Å². The molecule has 117 heavy (non-hydrogen) atoms. The van der Waals surface area contributed by atoms with Gasteiger partial charge in [0.25, 0.3) is 0 Å². The standard InChI is InChI=1S/C77H129N19O21/c1-9-12-13-14-15-16-17-18-19-20-24-31-58(98)95-64(46(7)11-3)74(115)86-47(8)65(106)88-51(32-35-57(78)97)67(108)91-52(33-36-60(100)101)68(109)93-54(40-44(4)5)71(112)90-49(29-25-38-83-76(79)80)66(107)89-50(30-26-39-84-77(81)82)70(111)96-63(45(6)10-2)73(114)85-43-59(99)87-55(42-62(104)105)72(113)92-53(34-37-61(102)103)69(110)94-56(75(116)117)41-48-27-22-21-23-28-48/h21-23,27-28,44-47,49-56,63-64H,9-20,24-26,29-43H2,1-8H3,(H2,78,97)(H,85,114)(H,86,115)(H,87,99)(H,88,106)(H,89,107)(H,90,112)(H,91,108)(H,92,113)(H,93,109)(H,94,110)(H,95,98)(H,96,111)(H,100,101)(H,102,103)(H,104,105)(H,116,117)(H4,79,80,83)(H4,81,82,84)/t45-,46-,47-,49-,50?,51-,52-,53-,54-,55-,56-,63-,64-/m0/s1. The number of guanidine groups is 2. The number of nitrogens with zero attached hydrogens (tertiary/aromatic N) is 2. The topological polar surface area (TPSA) is 670 Å². The number of carboxylic acid groups (broad SMARTS) is 4. The number of primary amides is 1.